The first kappa shape index (κ1) is 16.6. The third-order valence-electron chi connectivity index (χ3n) is 4.15. The number of hydrogen-bond acceptors (Lipinski definition) is 6. The minimum absolute atomic E-state index is 0.156. The van der Waals surface area contributed by atoms with Crippen LogP contribution < -0.4 is 16.4 Å². The van der Waals surface area contributed by atoms with Gasteiger partial charge in [-0.15, -0.1) is 0 Å². The third kappa shape index (κ3) is 3.59. The fraction of sp³-hybridized carbons (Fsp3) is 0.105. The van der Waals surface area contributed by atoms with E-state index in [1.165, 1.54) is 0 Å². The molecule has 0 aliphatic rings. The van der Waals surface area contributed by atoms with Gasteiger partial charge in [0.2, 0.25) is 0 Å². The summed E-state index contributed by atoms with van der Waals surface area (Å²) in [6.45, 7) is 0.378. The molecule has 0 aliphatic heterocycles. The molecule has 0 spiro atoms. The Kier molecular flexibility index (Phi) is 4.21. The van der Waals surface area contributed by atoms with Crippen LogP contribution in [0.25, 0.3) is 11.0 Å². The summed E-state index contributed by atoms with van der Waals surface area (Å²) in [7, 11) is 1.85. The number of nitrogens with two attached hydrogens (primary N) is 1. The number of fused-ring (bicyclic) bond motifs is 1. The van der Waals surface area contributed by atoms with Crippen molar-refractivity contribution >= 4 is 34.2 Å². The van der Waals surface area contributed by atoms with Gasteiger partial charge in [-0.25, -0.2) is 0 Å². The molecule has 4 aromatic rings. The number of nitrogen functional groups attached to an aromatic ring is 1. The monoisotopic (exact) mass is 362 g/mol. The van der Waals surface area contributed by atoms with Crippen LogP contribution in [0.3, 0.4) is 0 Å². The van der Waals surface area contributed by atoms with Crippen molar-refractivity contribution in [1.29, 1.82) is 0 Å². The van der Waals surface area contributed by atoms with E-state index in [2.05, 4.69) is 20.9 Å². The highest BCUT2D eigenvalue weighted by Crippen LogP contribution is 2.21. The van der Waals surface area contributed by atoms with Gasteiger partial charge in [-0.05, 0) is 42.0 Å². The minimum atomic E-state index is -0.156. The number of aromatic nitrogens is 3. The number of carbonyl (C=O) groups is 1. The zero-order valence-electron chi connectivity index (χ0n) is 14.6. The van der Waals surface area contributed by atoms with Crippen LogP contribution in [0.5, 0.6) is 0 Å². The Morgan fingerprint density at radius 3 is 2.74 bits per heavy atom. The molecule has 0 aliphatic carbocycles. The van der Waals surface area contributed by atoms with Gasteiger partial charge in [0.05, 0.1) is 5.39 Å². The maximum absolute atomic E-state index is 12.4. The fourth-order valence-corrected chi connectivity index (χ4v) is 2.73. The topological polar surface area (TPSA) is 111 Å². The number of anilines is 3. The molecule has 136 valence electrons. The second-order valence-corrected chi connectivity index (χ2v) is 6.16. The number of nitrogens with one attached hydrogen (secondary N) is 2. The summed E-state index contributed by atoms with van der Waals surface area (Å²) in [6.07, 6.45) is 1.86. The fourth-order valence-electron chi connectivity index (χ4n) is 2.73. The summed E-state index contributed by atoms with van der Waals surface area (Å²) in [4.78, 5) is 12.4. The van der Waals surface area contributed by atoms with Gasteiger partial charge >= 0.3 is 0 Å². The summed E-state index contributed by atoms with van der Waals surface area (Å²) < 4.78 is 6.86. The molecule has 0 bridgehead atoms. The van der Waals surface area contributed by atoms with Crippen LogP contribution in [-0.2, 0) is 13.6 Å². The van der Waals surface area contributed by atoms with Crippen LogP contribution in [0.4, 0.5) is 17.3 Å². The lowest BCUT2D eigenvalue weighted by Gasteiger charge is -2.07. The Morgan fingerprint density at radius 1 is 1.19 bits per heavy atom. The van der Waals surface area contributed by atoms with Crippen molar-refractivity contribution < 1.29 is 9.32 Å². The van der Waals surface area contributed by atoms with E-state index in [-0.39, 0.29) is 5.91 Å². The first-order valence-corrected chi connectivity index (χ1v) is 8.37. The number of rotatable bonds is 5. The number of hydrogen-bond donors (Lipinski definition) is 3. The lowest BCUT2D eigenvalue weighted by atomic mass is 10.1. The molecule has 8 nitrogen and oxygen atoms in total. The maximum atomic E-state index is 12.4. The van der Waals surface area contributed by atoms with E-state index in [0.717, 1.165) is 22.5 Å². The predicted octanol–water partition coefficient (Wildman–Crippen LogP) is 2.82. The number of carbonyl (C=O) groups excluding carboxylic acids is 1. The summed E-state index contributed by atoms with van der Waals surface area (Å²) in [5, 5.41) is 14.8. The highest BCUT2D eigenvalue weighted by Gasteiger charge is 2.08. The molecule has 2 heterocycles. The van der Waals surface area contributed by atoms with Gasteiger partial charge in [-0.3, -0.25) is 9.48 Å². The summed E-state index contributed by atoms with van der Waals surface area (Å²) >= 11 is 0. The lowest BCUT2D eigenvalue weighted by Crippen LogP contribution is -2.22. The van der Waals surface area contributed by atoms with Gasteiger partial charge in [0.1, 0.15) is 0 Å². The molecular formula is C19H18N6O2. The van der Waals surface area contributed by atoms with Gasteiger partial charge in [-0.2, -0.15) is 5.10 Å². The number of benzene rings is 2. The molecule has 0 saturated heterocycles. The van der Waals surface area contributed by atoms with Crippen LogP contribution in [-0.4, -0.2) is 20.8 Å². The molecule has 27 heavy (non-hydrogen) atoms. The smallest absolute Gasteiger partial charge is 0.251 e. The molecule has 0 fully saturated rings. The summed E-state index contributed by atoms with van der Waals surface area (Å²) in [5.74, 6) is 0.953. The molecule has 8 heteroatoms. The Balaban J connectivity index is 1.38. The standard InChI is InChI=1S/C19H18N6O2/c1-25-9-8-17(23-25)22-14-5-3-13(4-6-14)19(26)21-11-12-2-7-15-16(10-12)27-24-18(15)20/h2-10H,11H2,1H3,(H2,20,24)(H,21,26)(H,22,23). The summed E-state index contributed by atoms with van der Waals surface area (Å²) in [6, 6.07) is 14.6. The van der Waals surface area contributed by atoms with Crippen molar-refractivity contribution in [2.75, 3.05) is 11.1 Å². The van der Waals surface area contributed by atoms with E-state index < -0.39 is 0 Å². The van der Waals surface area contributed by atoms with Crippen molar-refractivity contribution in [3.8, 4) is 0 Å². The van der Waals surface area contributed by atoms with Gasteiger partial charge in [-0.1, -0.05) is 11.2 Å². The summed E-state index contributed by atoms with van der Waals surface area (Å²) in [5.41, 5.74) is 8.64. The Morgan fingerprint density at radius 2 is 2.00 bits per heavy atom. The second-order valence-electron chi connectivity index (χ2n) is 6.16. The minimum Gasteiger partial charge on any atom is -0.380 e. The molecule has 0 atom stereocenters. The zero-order chi connectivity index (χ0) is 18.8. The normalized spacial score (nSPS) is 10.9. The molecule has 0 radical (unpaired) electrons. The van der Waals surface area contributed by atoms with Gasteiger partial charge in [0.25, 0.3) is 5.91 Å². The molecule has 2 aromatic carbocycles. The average Bonchev–Trinajstić information content (AvgIpc) is 3.25. The van der Waals surface area contributed by atoms with E-state index in [0.29, 0.717) is 23.5 Å². The van der Waals surface area contributed by atoms with Crippen LogP contribution in [0.2, 0.25) is 0 Å². The molecule has 4 rings (SSSR count). The highest BCUT2D eigenvalue weighted by atomic mass is 16.5. The molecule has 1 amide bonds. The van der Waals surface area contributed by atoms with Gasteiger partial charge < -0.3 is 20.9 Å². The van der Waals surface area contributed by atoms with E-state index in [1.807, 2.05) is 49.6 Å². The van der Waals surface area contributed by atoms with Crippen LogP contribution >= 0.6 is 0 Å². The molecule has 0 unspecified atom stereocenters. The predicted molar refractivity (Wildman–Crippen MR) is 103 cm³/mol. The Bertz CT molecular complexity index is 1100. The van der Waals surface area contributed by atoms with Crippen LogP contribution in [0.15, 0.2) is 59.3 Å². The van der Waals surface area contributed by atoms with Crippen molar-refractivity contribution in [3.05, 3.63) is 65.9 Å². The second kappa shape index (κ2) is 6.83. The zero-order valence-corrected chi connectivity index (χ0v) is 14.6. The van der Waals surface area contributed by atoms with Crippen molar-refractivity contribution in [2.24, 2.45) is 7.05 Å². The van der Waals surface area contributed by atoms with Gasteiger partial charge in [0.15, 0.2) is 17.2 Å². The SMILES string of the molecule is Cn1ccc(Nc2ccc(C(=O)NCc3ccc4c(N)noc4c3)cc2)n1. The van der Waals surface area contributed by atoms with E-state index in [1.54, 1.807) is 16.8 Å². The average molecular weight is 362 g/mol. The first-order chi connectivity index (χ1) is 13.1. The largest absolute Gasteiger partial charge is 0.380 e. The van der Waals surface area contributed by atoms with Crippen molar-refractivity contribution in [1.82, 2.24) is 20.3 Å². The van der Waals surface area contributed by atoms with Gasteiger partial charge in [0, 0.05) is 37.1 Å². The molecular weight excluding hydrogens is 344 g/mol. The number of aryl methyl sites for hydroxylation is 1. The third-order valence-corrected chi connectivity index (χ3v) is 4.15. The Labute approximate surface area is 154 Å². The first-order valence-electron chi connectivity index (χ1n) is 8.37. The van der Waals surface area contributed by atoms with Crippen molar-refractivity contribution in [2.45, 2.75) is 6.54 Å². The highest BCUT2D eigenvalue weighted by molar-refractivity contribution is 5.94. The van der Waals surface area contributed by atoms with E-state index in [9.17, 15) is 4.79 Å². The van der Waals surface area contributed by atoms with Crippen molar-refractivity contribution in [3.63, 3.8) is 0 Å². The van der Waals surface area contributed by atoms with Crippen LogP contribution in [0.1, 0.15) is 15.9 Å². The van der Waals surface area contributed by atoms with E-state index in [4.69, 9.17) is 10.3 Å². The Hall–Kier alpha value is -3.81. The lowest BCUT2D eigenvalue weighted by molar-refractivity contribution is 0.0951. The molecule has 2 aromatic heterocycles. The molecule has 0 saturated carbocycles. The maximum Gasteiger partial charge on any atom is 0.251 e. The quantitative estimate of drug-likeness (QED) is 0.503. The number of amides is 1. The van der Waals surface area contributed by atoms with E-state index >= 15 is 0 Å². The van der Waals surface area contributed by atoms with Crippen LogP contribution in [0, 0.1) is 0 Å². The molecule has 4 N–H and O–H groups in total. The number of nitrogens with zero attached hydrogens (tertiary/aromatic N) is 3.